The molecule has 0 bridgehead atoms. The summed E-state index contributed by atoms with van der Waals surface area (Å²) in [6.45, 7) is 2.09. The SMILES string of the molecule is Cc1cccc2c1CCP(=O)(c1ccccc1-c1ccccc1O)N2. The second-order valence-electron chi connectivity index (χ2n) is 6.46. The predicted molar refractivity (Wildman–Crippen MR) is 104 cm³/mol. The second-order valence-corrected chi connectivity index (χ2v) is 9.09. The Hall–Kier alpha value is -2.51. The van der Waals surface area contributed by atoms with Crippen LogP contribution in [0.2, 0.25) is 0 Å². The van der Waals surface area contributed by atoms with Crippen LogP contribution in [0.1, 0.15) is 11.1 Å². The molecule has 2 N–H and O–H groups in total. The van der Waals surface area contributed by atoms with Crippen LogP contribution in [0.3, 0.4) is 0 Å². The Bertz CT molecular complexity index is 997. The average Bonchev–Trinajstić information content (AvgIpc) is 2.62. The topological polar surface area (TPSA) is 49.3 Å². The largest absolute Gasteiger partial charge is 0.507 e. The highest BCUT2D eigenvalue weighted by Gasteiger charge is 2.32. The fourth-order valence-corrected chi connectivity index (χ4v) is 6.08. The predicted octanol–water partition coefficient (Wildman–Crippen LogP) is 4.94. The van der Waals surface area contributed by atoms with Crippen LogP contribution < -0.4 is 10.4 Å². The molecule has 0 saturated carbocycles. The molecule has 0 spiro atoms. The van der Waals surface area contributed by atoms with Crippen molar-refractivity contribution in [2.75, 3.05) is 11.2 Å². The Morgan fingerprint density at radius 2 is 1.64 bits per heavy atom. The number of para-hydroxylation sites is 1. The molecule has 126 valence electrons. The lowest BCUT2D eigenvalue weighted by Gasteiger charge is -2.30. The molecular formula is C21H20NO2P. The number of phenols is 1. The Kier molecular flexibility index (Phi) is 3.89. The molecule has 3 aromatic rings. The smallest absolute Gasteiger partial charge is 0.199 e. The minimum absolute atomic E-state index is 0.204. The minimum atomic E-state index is -2.80. The number of fused-ring (bicyclic) bond motifs is 1. The number of hydrogen-bond acceptors (Lipinski definition) is 2. The molecule has 0 fully saturated rings. The summed E-state index contributed by atoms with van der Waals surface area (Å²) in [5.74, 6) is 0.204. The van der Waals surface area contributed by atoms with Crippen LogP contribution in [-0.4, -0.2) is 11.3 Å². The molecule has 0 aliphatic carbocycles. The van der Waals surface area contributed by atoms with Gasteiger partial charge in [0.15, 0.2) is 7.29 Å². The molecular weight excluding hydrogens is 329 g/mol. The number of nitrogens with one attached hydrogen (secondary N) is 1. The average molecular weight is 349 g/mol. The van der Waals surface area contributed by atoms with Crippen LogP contribution in [0.25, 0.3) is 11.1 Å². The number of benzene rings is 3. The van der Waals surface area contributed by atoms with E-state index in [1.165, 1.54) is 11.1 Å². The summed E-state index contributed by atoms with van der Waals surface area (Å²) in [5, 5.41) is 14.4. The van der Waals surface area contributed by atoms with Crippen molar-refractivity contribution in [1.82, 2.24) is 0 Å². The van der Waals surface area contributed by atoms with Crippen LogP contribution in [0.5, 0.6) is 5.75 Å². The summed E-state index contributed by atoms with van der Waals surface area (Å²) in [5.41, 5.74) is 4.97. The van der Waals surface area contributed by atoms with Crippen LogP contribution in [0.15, 0.2) is 66.7 Å². The first-order valence-corrected chi connectivity index (χ1v) is 10.3. The van der Waals surface area contributed by atoms with Crippen molar-refractivity contribution in [3.8, 4) is 16.9 Å². The fraction of sp³-hybridized carbons (Fsp3) is 0.143. The standard InChI is InChI=1S/C21H20NO2P/c1-15-7-6-10-19-16(15)13-14-25(24,22-19)21-12-5-3-9-18(21)17-8-2-4-11-20(17)23/h2-12,23H,13-14H2,1H3,(H,22,24). The number of aromatic hydroxyl groups is 1. The van der Waals surface area contributed by atoms with E-state index in [0.29, 0.717) is 11.7 Å². The summed E-state index contributed by atoms with van der Waals surface area (Å²) in [6, 6.07) is 20.9. The van der Waals surface area contributed by atoms with Gasteiger partial charge in [-0.05, 0) is 48.2 Å². The van der Waals surface area contributed by atoms with Gasteiger partial charge in [-0.2, -0.15) is 0 Å². The first-order valence-electron chi connectivity index (χ1n) is 8.42. The van der Waals surface area contributed by atoms with E-state index in [2.05, 4.69) is 18.1 Å². The Morgan fingerprint density at radius 3 is 2.44 bits per heavy atom. The van der Waals surface area contributed by atoms with Gasteiger partial charge in [-0.3, -0.25) is 4.57 Å². The lowest BCUT2D eigenvalue weighted by atomic mass is 10.0. The molecule has 25 heavy (non-hydrogen) atoms. The zero-order chi connectivity index (χ0) is 17.4. The van der Waals surface area contributed by atoms with E-state index >= 15 is 0 Å². The lowest BCUT2D eigenvalue weighted by Crippen LogP contribution is -2.22. The number of phenolic OH excluding ortho intramolecular Hbond substituents is 1. The Labute approximate surface area is 147 Å². The number of rotatable bonds is 2. The summed E-state index contributed by atoms with van der Waals surface area (Å²) < 4.78 is 13.8. The molecule has 1 atom stereocenters. The Morgan fingerprint density at radius 1 is 0.920 bits per heavy atom. The maximum atomic E-state index is 13.8. The van der Waals surface area contributed by atoms with Gasteiger partial charge < -0.3 is 10.2 Å². The van der Waals surface area contributed by atoms with Crippen LogP contribution >= 0.6 is 7.29 Å². The zero-order valence-corrected chi connectivity index (χ0v) is 15.0. The van der Waals surface area contributed by atoms with Gasteiger partial charge in [0.1, 0.15) is 5.75 Å². The monoisotopic (exact) mass is 349 g/mol. The molecule has 4 heteroatoms. The van der Waals surface area contributed by atoms with Crippen molar-refractivity contribution >= 4 is 18.3 Å². The molecule has 1 aliphatic heterocycles. The summed E-state index contributed by atoms with van der Waals surface area (Å²) >= 11 is 0. The normalized spacial score (nSPS) is 19.1. The van der Waals surface area contributed by atoms with Gasteiger partial charge in [0.25, 0.3) is 0 Å². The number of anilines is 1. The third kappa shape index (κ3) is 2.75. The highest BCUT2D eigenvalue weighted by Crippen LogP contribution is 2.52. The molecule has 3 aromatic carbocycles. The van der Waals surface area contributed by atoms with Gasteiger partial charge in [-0.1, -0.05) is 48.5 Å². The first kappa shape index (κ1) is 16.0. The van der Waals surface area contributed by atoms with E-state index in [1.54, 1.807) is 12.1 Å². The van der Waals surface area contributed by atoms with E-state index in [9.17, 15) is 9.67 Å². The van der Waals surface area contributed by atoms with Crippen molar-refractivity contribution in [1.29, 1.82) is 0 Å². The van der Waals surface area contributed by atoms with Crippen molar-refractivity contribution < 1.29 is 9.67 Å². The van der Waals surface area contributed by atoms with Crippen LogP contribution in [-0.2, 0) is 11.0 Å². The van der Waals surface area contributed by atoms with Crippen LogP contribution in [0, 0.1) is 6.92 Å². The molecule has 0 amide bonds. The van der Waals surface area contributed by atoms with Crippen molar-refractivity contribution in [3.05, 3.63) is 77.9 Å². The fourth-order valence-electron chi connectivity index (χ4n) is 3.56. The third-order valence-electron chi connectivity index (χ3n) is 4.88. The van der Waals surface area contributed by atoms with Gasteiger partial charge in [0.2, 0.25) is 0 Å². The Balaban J connectivity index is 1.84. The van der Waals surface area contributed by atoms with Crippen molar-refractivity contribution in [2.24, 2.45) is 0 Å². The van der Waals surface area contributed by atoms with Crippen LogP contribution in [0.4, 0.5) is 5.69 Å². The number of hydrogen-bond donors (Lipinski definition) is 2. The van der Waals surface area contributed by atoms with Gasteiger partial charge in [0.05, 0.1) is 0 Å². The minimum Gasteiger partial charge on any atom is -0.507 e. The highest BCUT2D eigenvalue weighted by atomic mass is 31.2. The van der Waals surface area contributed by atoms with E-state index in [-0.39, 0.29) is 5.75 Å². The molecule has 0 saturated heterocycles. The van der Waals surface area contributed by atoms with E-state index in [0.717, 1.165) is 23.0 Å². The third-order valence-corrected chi connectivity index (χ3v) is 7.50. The van der Waals surface area contributed by atoms with Gasteiger partial charge in [0, 0.05) is 22.7 Å². The second kappa shape index (κ2) is 6.09. The lowest BCUT2D eigenvalue weighted by molar-refractivity contribution is 0.477. The number of aryl methyl sites for hydroxylation is 1. The maximum absolute atomic E-state index is 13.8. The summed E-state index contributed by atoms with van der Waals surface area (Å²) in [6.07, 6.45) is 1.37. The molecule has 0 aromatic heterocycles. The molecule has 1 heterocycles. The first-order chi connectivity index (χ1) is 12.1. The quantitative estimate of drug-likeness (QED) is 0.644. The highest BCUT2D eigenvalue weighted by molar-refractivity contribution is 7.73. The molecule has 0 radical (unpaired) electrons. The zero-order valence-electron chi connectivity index (χ0n) is 14.1. The van der Waals surface area contributed by atoms with Gasteiger partial charge in [-0.15, -0.1) is 0 Å². The van der Waals surface area contributed by atoms with Gasteiger partial charge >= 0.3 is 0 Å². The molecule has 3 nitrogen and oxygen atoms in total. The molecule has 1 aliphatic rings. The summed E-state index contributed by atoms with van der Waals surface area (Å²) in [7, 11) is -2.80. The van der Waals surface area contributed by atoms with E-state index < -0.39 is 7.29 Å². The van der Waals surface area contributed by atoms with E-state index in [4.69, 9.17) is 0 Å². The van der Waals surface area contributed by atoms with E-state index in [1.807, 2.05) is 48.5 Å². The van der Waals surface area contributed by atoms with Gasteiger partial charge in [-0.25, -0.2) is 0 Å². The molecule has 1 unspecified atom stereocenters. The summed E-state index contributed by atoms with van der Waals surface area (Å²) in [4.78, 5) is 0. The van der Waals surface area contributed by atoms with Crippen molar-refractivity contribution in [3.63, 3.8) is 0 Å². The molecule has 4 rings (SSSR count). The maximum Gasteiger partial charge on any atom is 0.199 e. The van der Waals surface area contributed by atoms with Crippen molar-refractivity contribution in [2.45, 2.75) is 13.3 Å².